The largest absolute Gasteiger partial charge is 0.311 e. The number of carbonyl (C=O) groups excluding carboxylic acids is 1. The number of carbonyl (C=O) groups is 1. The number of nitrogens with zero attached hydrogens (tertiary/aromatic N) is 4. The van der Waals surface area contributed by atoms with E-state index in [1.165, 1.54) is 18.5 Å². The van der Waals surface area contributed by atoms with Crippen LogP contribution in [0.2, 0.25) is 0 Å². The molecule has 1 heterocycles. The van der Waals surface area contributed by atoms with Crippen molar-refractivity contribution >= 4 is 40.1 Å². The van der Waals surface area contributed by atoms with Crippen molar-refractivity contribution < 1.29 is 9.72 Å². The van der Waals surface area contributed by atoms with Crippen LogP contribution in [0.5, 0.6) is 0 Å². The molecule has 0 saturated carbocycles. The van der Waals surface area contributed by atoms with Gasteiger partial charge in [-0.2, -0.15) is 0 Å². The first-order valence-electron chi connectivity index (χ1n) is 9.03. The van der Waals surface area contributed by atoms with Crippen molar-refractivity contribution in [2.75, 3.05) is 0 Å². The van der Waals surface area contributed by atoms with Crippen LogP contribution in [-0.2, 0) is 7.05 Å². The third kappa shape index (κ3) is 3.99. The van der Waals surface area contributed by atoms with Crippen LogP contribution in [0.4, 0.5) is 5.69 Å². The van der Waals surface area contributed by atoms with Crippen LogP contribution in [0.3, 0.4) is 0 Å². The number of benzene rings is 3. The van der Waals surface area contributed by atoms with Crippen LogP contribution in [-0.4, -0.2) is 25.5 Å². The van der Waals surface area contributed by atoms with Crippen LogP contribution < -0.4 is 0 Å². The minimum atomic E-state index is -0.442. The van der Waals surface area contributed by atoms with Crippen molar-refractivity contribution in [2.45, 2.75) is 10.1 Å². The van der Waals surface area contributed by atoms with Crippen LogP contribution >= 0.6 is 11.8 Å². The van der Waals surface area contributed by atoms with Crippen molar-refractivity contribution in [2.24, 2.45) is 7.05 Å². The highest BCUT2D eigenvalue weighted by molar-refractivity contribution is 7.99. The van der Waals surface area contributed by atoms with Gasteiger partial charge >= 0.3 is 0 Å². The molecule has 0 radical (unpaired) electrons. The summed E-state index contributed by atoms with van der Waals surface area (Å²) < 4.78 is 1.69. The van der Waals surface area contributed by atoms with Crippen LogP contribution in [0.15, 0.2) is 83.1 Å². The molecule has 0 spiro atoms. The van der Waals surface area contributed by atoms with E-state index in [2.05, 4.69) is 10.2 Å². The molecule has 0 atom stereocenters. The van der Waals surface area contributed by atoms with E-state index in [0.717, 1.165) is 22.5 Å². The molecule has 0 N–H and O–H groups in total. The van der Waals surface area contributed by atoms with E-state index in [-0.39, 0.29) is 11.5 Å². The van der Waals surface area contributed by atoms with E-state index in [9.17, 15) is 14.9 Å². The Bertz CT molecular complexity index is 1290. The van der Waals surface area contributed by atoms with Crippen LogP contribution in [0.1, 0.15) is 15.9 Å². The minimum Gasteiger partial charge on any atom is -0.311 e. The minimum absolute atomic E-state index is 0.0530. The Morgan fingerprint density at radius 3 is 2.70 bits per heavy atom. The Morgan fingerprint density at radius 1 is 1.13 bits per heavy atom. The number of fused-ring (bicyclic) bond motifs is 1. The Morgan fingerprint density at radius 2 is 1.93 bits per heavy atom. The quantitative estimate of drug-likeness (QED) is 0.192. The smallest absolute Gasteiger partial charge is 0.283 e. The zero-order valence-corrected chi connectivity index (χ0v) is 16.7. The summed E-state index contributed by atoms with van der Waals surface area (Å²) in [7, 11) is 1.77. The molecule has 0 amide bonds. The molecule has 1 aromatic heterocycles. The van der Waals surface area contributed by atoms with Gasteiger partial charge in [0.15, 0.2) is 10.9 Å². The monoisotopic (exact) mass is 416 g/mol. The van der Waals surface area contributed by atoms with Gasteiger partial charge in [0.05, 0.1) is 9.82 Å². The van der Waals surface area contributed by atoms with Gasteiger partial charge in [0.25, 0.3) is 5.69 Å². The molecule has 30 heavy (non-hydrogen) atoms. The Labute approximate surface area is 176 Å². The number of nitro benzene ring substituents is 1. The van der Waals surface area contributed by atoms with Crippen LogP contribution in [0, 0.1) is 10.1 Å². The summed E-state index contributed by atoms with van der Waals surface area (Å²) >= 11 is 1.16. The van der Waals surface area contributed by atoms with E-state index >= 15 is 0 Å². The highest BCUT2D eigenvalue weighted by Gasteiger charge is 2.17. The lowest BCUT2D eigenvalue weighted by atomic mass is 10.0. The molecular weight excluding hydrogens is 400 g/mol. The summed E-state index contributed by atoms with van der Waals surface area (Å²) in [5.41, 5.74) is 1.11. The Hall–Kier alpha value is -3.78. The average molecular weight is 416 g/mol. The number of hydrogen-bond donors (Lipinski definition) is 0. The van der Waals surface area contributed by atoms with Crippen molar-refractivity contribution in [3.8, 4) is 0 Å². The van der Waals surface area contributed by atoms with E-state index in [1.54, 1.807) is 35.9 Å². The maximum atomic E-state index is 12.7. The van der Waals surface area contributed by atoms with E-state index in [0.29, 0.717) is 21.2 Å². The summed E-state index contributed by atoms with van der Waals surface area (Å²) in [4.78, 5) is 24.3. The predicted octanol–water partition coefficient (Wildman–Crippen LogP) is 4.92. The molecule has 0 aliphatic heterocycles. The van der Waals surface area contributed by atoms with Gasteiger partial charge in [-0.25, -0.2) is 0 Å². The third-order valence-corrected chi connectivity index (χ3v) is 5.65. The number of nitro groups is 1. The highest BCUT2D eigenvalue weighted by Crippen LogP contribution is 2.34. The molecule has 0 saturated heterocycles. The topological polar surface area (TPSA) is 90.9 Å². The molecule has 3 aromatic carbocycles. The normalized spacial score (nSPS) is 11.2. The first-order chi connectivity index (χ1) is 14.5. The molecule has 0 aliphatic carbocycles. The molecular formula is C22H16N4O3S. The summed E-state index contributed by atoms with van der Waals surface area (Å²) in [6, 6.07) is 18.1. The summed E-state index contributed by atoms with van der Waals surface area (Å²) in [6.45, 7) is 0. The molecule has 0 bridgehead atoms. The summed E-state index contributed by atoms with van der Waals surface area (Å²) in [5.74, 6) is -0.160. The number of rotatable bonds is 6. The molecule has 4 rings (SSSR count). The van der Waals surface area contributed by atoms with Gasteiger partial charge in [-0.1, -0.05) is 54.6 Å². The number of allylic oxidation sites excluding steroid dienone is 1. The molecule has 0 fully saturated rings. The van der Waals surface area contributed by atoms with Gasteiger partial charge in [-0.15, -0.1) is 10.2 Å². The number of ketones is 1. The molecule has 0 unspecified atom stereocenters. The van der Waals surface area contributed by atoms with E-state index in [4.69, 9.17) is 0 Å². The predicted molar refractivity (Wildman–Crippen MR) is 116 cm³/mol. The fraction of sp³-hybridized carbons (Fsp3) is 0.0455. The first kappa shape index (κ1) is 19.5. The van der Waals surface area contributed by atoms with Gasteiger partial charge in [0, 0.05) is 18.7 Å². The zero-order chi connectivity index (χ0) is 21.1. The second-order valence-electron chi connectivity index (χ2n) is 6.54. The molecule has 4 aromatic rings. The van der Waals surface area contributed by atoms with Crippen molar-refractivity contribution in [3.63, 3.8) is 0 Å². The first-order valence-corrected chi connectivity index (χ1v) is 9.85. The van der Waals surface area contributed by atoms with Gasteiger partial charge in [-0.05, 0) is 40.2 Å². The maximum Gasteiger partial charge on any atom is 0.283 e. The van der Waals surface area contributed by atoms with Crippen molar-refractivity contribution in [1.29, 1.82) is 0 Å². The lowest BCUT2D eigenvalue weighted by Gasteiger charge is -2.04. The van der Waals surface area contributed by atoms with E-state index < -0.39 is 4.92 Å². The third-order valence-electron chi connectivity index (χ3n) is 4.53. The lowest BCUT2D eigenvalue weighted by molar-refractivity contribution is -0.387. The standard InChI is InChI=1S/C22H16N4O3S/c1-25-14-23-24-22(25)30-21-12-10-15(13-19(21)26(28)29)9-11-20(27)18-8-4-6-16-5-2-3-7-17(16)18/h2-14H,1H3. The van der Waals surface area contributed by atoms with Crippen molar-refractivity contribution in [3.05, 3.63) is 94.3 Å². The Balaban J connectivity index is 1.62. The summed E-state index contributed by atoms with van der Waals surface area (Å²) in [5, 5.41) is 21.7. The van der Waals surface area contributed by atoms with E-state index in [1.807, 2.05) is 36.4 Å². The number of aryl methyl sites for hydroxylation is 1. The van der Waals surface area contributed by atoms with Gasteiger partial charge in [-0.3, -0.25) is 14.9 Å². The van der Waals surface area contributed by atoms with Gasteiger partial charge < -0.3 is 4.57 Å². The fourth-order valence-corrected chi connectivity index (χ4v) is 3.88. The molecule has 0 aliphatic rings. The van der Waals surface area contributed by atoms with Gasteiger partial charge in [0.2, 0.25) is 0 Å². The lowest BCUT2D eigenvalue weighted by Crippen LogP contribution is -1.96. The SMILES string of the molecule is Cn1cnnc1Sc1ccc(C=CC(=O)c2cccc3ccccc23)cc1[N+](=O)[O-]. The fourth-order valence-electron chi connectivity index (χ4n) is 3.03. The molecule has 7 nitrogen and oxygen atoms in total. The second-order valence-corrected chi connectivity index (χ2v) is 7.54. The van der Waals surface area contributed by atoms with Gasteiger partial charge in [0.1, 0.15) is 6.33 Å². The maximum absolute atomic E-state index is 12.7. The number of aromatic nitrogens is 3. The van der Waals surface area contributed by atoms with Crippen molar-refractivity contribution in [1.82, 2.24) is 14.8 Å². The Kier molecular flexibility index (Phi) is 5.40. The average Bonchev–Trinajstić information content (AvgIpc) is 3.16. The number of hydrogen-bond acceptors (Lipinski definition) is 6. The molecule has 8 heteroatoms. The molecule has 148 valence electrons. The second kappa shape index (κ2) is 8.30. The highest BCUT2D eigenvalue weighted by atomic mass is 32.2. The van der Waals surface area contributed by atoms with Crippen LogP contribution in [0.25, 0.3) is 16.8 Å². The summed E-state index contributed by atoms with van der Waals surface area (Å²) in [6.07, 6.45) is 4.56. The zero-order valence-electron chi connectivity index (χ0n) is 15.9.